The normalized spacial score (nSPS) is 35.2. The highest BCUT2D eigenvalue weighted by molar-refractivity contribution is 5.60. The smallest absolute Gasteiger partial charge is 0.127 e. The van der Waals surface area contributed by atoms with Crippen LogP contribution in [0.4, 0.5) is 0 Å². The van der Waals surface area contributed by atoms with Crippen molar-refractivity contribution in [2.24, 2.45) is 21.4 Å². The predicted octanol–water partition coefficient (Wildman–Crippen LogP) is 2.13. The van der Waals surface area contributed by atoms with E-state index in [-0.39, 0.29) is 17.5 Å². The first-order valence-electron chi connectivity index (χ1n) is 7.61. The highest BCUT2D eigenvalue weighted by Crippen LogP contribution is 2.35. The fraction of sp³-hybridized carbons (Fsp3) is 0.800. The van der Waals surface area contributed by atoms with Gasteiger partial charge in [-0.2, -0.15) is 10.2 Å². The zero-order valence-electron chi connectivity index (χ0n) is 12.4. The Labute approximate surface area is 121 Å². The van der Waals surface area contributed by atoms with Crippen molar-refractivity contribution in [3.63, 3.8) is 0 Å². The number of hydrogen-bond donors (Lipinski definition) is 1. The number of rotatable bonds is 4. The molecule has 0 saturated heterocycles. The first-order valence-corrected chi connectivity index (χ1v) is 7.61. The molecule has 20 heavy (non-hydrogen) atoms. The number of nitrogens with zero attached hydrogens (tertiary/aromatic N) is 3. The van der Waals surface area contributed by atoms with Crippen LogP contribution in [0.2, 0.25) is 0 Å². The molecule has 0 aromatic heterocycles. The van der Waals surface area contributed by atoms with Crippen molar-refractivity contribution in [1.29, 1.82) is 0 Å². The lowest BCUT2D eigenvalue weighted by molar-refractivity contribution is -0.117. The van der Waals surface area contributed by atoms with Gasteiger partial charge in [-0.05, 0) is 44.7 Å². The highest BCUT2D eigenvalue weighted by Gasteiger charge is 2.37. The molecule has 112 valence electrons. The van der Waals surface area contributed by atoms with Crippen LogP contribution in [0.1, 0.15) is 38.5 Å². The number of nitrogens with two attached hydrogens (primary N) is 1. The van der Waals surface area contributed by atoms with Gasteiger partial charge in [-0.25, -0.2) is 0 Å². The molecule has 2 aliphatic rings. The lowest BCUT2D eigenvalue weighted by Gasteiger charge is -2.34. The zero-order chi connectivity index (χ0) is 14.4. The Morgan fingerprint density at radius 1 is 1.45 bits per heavy atom. The van der Waals surface area contributed by atoms with Crippen molar-refractivity contribution < 1.29 is 4.79 Å². The lowest BCUT2D eigenvalue weighted by Crippen LogP contribution is -2.37. The third-order valence-corrected chi connectivity index (χ3v) is 4.57. The van der Waals surface area contributed by atoms with Crippen molar-refractivity contribution >= 4 is 6.29 Å². The standard InChI is InChI=1S/C15H26N4O/c1-17-18-14-6-8-15(12-20,7-5-13(14)16)11-19-9-3-2-4-10-19/h3,9,12-14H,2,4-8,10-11,16H2,1H3. The second kappa shape index (κ2) is 6.97. The molecular formula is C15H26N4O. The van der Waals surface area contributed by atoms with Gasteiger partial charge in [0, 0.05) is 31.6 Å². The highest BCUT2D eigenvalue weighted by atomic mass is 16.1. The molecule has 1 fully saturated rings. The molecule has 0 radical (unpaired) electrons. The molecule has 0 aromatic carbocycles. The van der Waals surface area contributed by atoms with E-state index in [9.17, 15) is 4.79 Å². The topological polar surface area (TPSA) is 71.0 Å². The molecule has 0 aromatic rings. The molecule has 2 rings (SSSR count). The van der Waals surface area contributed by atoms with Gasteiger partial charge in [0.05, 0.1) is 6.04 Å². The molecule has 3 atom stereocenters. The molecule has 1 aliphatic heterocycles. The maximum absolute atomic E-state index is 11.7. The number of carbonyl (C=O) groups excluding carboxylic acids is 1. The fourth-order valence-electron chi connectivity index (χ4n) is 3.27. The van der Waals surface area contributed by atoms with Crippen LogP contribution < -0.4 is 5.73 Å². The van der Waals surface area contributed by atoms with Crippen LogP contribution in [0.3, 0.4) is 0 Å². The van der Waals surface area contributed by atoms with Crippen LogP contribution in [0.15, 0.2) is 22.5 Å². The monoisotopic (exact) mass is 278 g/mol. The SMILES string of the molecule is CN=NC1CCC(C=O)(CN2C=CCCC2)CCC1N. The van der Waals surface area contributed by atoms with E-state index >= 15 is 0 Å². The number of azo groups is 1. The molecule has 1 aliphatic carbocycles. The summed E-state index contributed by atoms with van der Waals surface area (Å²) in [6, 6.07) is 0.0937. The van der Waals surface area contributed by atoms with Crippen LogP contribution in [0, 0.1) is 5.41 Å². The third kappa shape index (κ3) is 3.66. The molecule has 0 spiro atoms. The van der Waals surface area contributed by atoms with E-state index in [1.165, 1.54) is 6.42 Å². The summed E-state index contributed by atoms with van der Waals surface area (Å²) in [4.78, 5) is 14.0. The van der Waals surface area contributed by atoms with Gasteiger partial charge in [0.1, 0.15) is 6.29 Å². The quantitative estimate of drug-likeness (QED) is 0.486. The predicted molar refractivity (Wildman–Crippen MR) is 79.5 cm³/mol. The van der Waals surface area contributed by atoms with E-state index in [1.54, 1.807) is 7.05 Å². The van der Waals surface area contributed by atoms with Crippen LogP contribution >= 0.6 is 0 Å². The summed E-state index contributed by atoms with van der Waals surface area (Å²) in [5.74, 6) is 0. The minimum Gasteiger partial charge on any atom is -0.377 e. The third-order valence-electron chi connectivity index (χ3n) is 4.57. The number of aldehydes is 1. The van der Waals surface area contributed by atoms with E-state index < -0.39 is 0 Å². The molecule has 0 amide bonds. The summed E-state index contributed by atoms with van der Waals surface area (Å²) in [7, 11) is 1.68. The van der Waals surface area contributed by atoms with Gasteiger partial charge < -0.3 is 15.4 Å². The Balaban J connectivity index is 2.04. The second-order valence-corrected chi connectivity index (χ2v) is 6.10. The molecule has 1 saturated carbocycles. The van der Waals surface area contributed by atoms with E-state index in [0.29, 0.717) is 0 Å². The zero-order valence-corrected chi connectivity index (χ0v) is 12.4. The number of allylic oxidation sites excluding steroid dienone is 1. The largest absolute Gasteiger partial charge is 0.377 e. The Kier molecular flexibility index (Phi) is 5.29. The van der Waals surface area contributed by atoms with Gasteiger partial charge in [0.25, 0.3) is 0 Å². The molecule has 1 heterocycles. The summed E-state index contributed by atoms with van der Waals surface area (Å²) in [6.45, 7) is 1.87. The van der Waals surface area contributed by atoms with E-state index in [2.05, 4.69) is 27.4 Å². The Bertz CT molecular complexity index is 382. The van der Waals surface area contributed by atoms with E-state index in [1.807, 2.05) is 0 Å². The van der Waals surface area contributed by atoms with Gasteiger partial charge in [0.15, 0.2) is 0 Å². The number of carbonyl (C=O) groups is 1. The molecular weight excluding hydrogens is 252 g/mol. The average Bonchev–Trinajstić information content (AvgIpc) is 2.63. The van der Waals surface area contributed by atoms with Crippen molar-refractivity contribution in [2.75, 3.05) is 20.1 Å². The minimum atomic E-state index is -0.267. The van der Waals surface area contributed by atoms with Crippen molar-refractivity contribution in [1.82, 2.24) is 4.90 Å². The Hall–Kier alpha value is -1.23. The lowest BCUT2D eigenvalue weighted by atomic mass is 9.81. The summed E-state index contributed by atoms with van der Waals surface area (Å²) in [5.41, 5.74) is 5.91. The van der Waals surface area contributed by atoms with Gasteiger partial charge in [-0.15, -0.1) is 0 Å². The fourth-order valence-corrected chi connectivity index (χ4v) is 3.27. The van der Waals surface area contributed by atoms with Crippen LogP contribution in [-0.2, 0) is 4.79 Å². The average molecular weight is 278 g/mol. The molecule has 2 N–H and O–H groups in total. The van der Waals surface area contributed by atoms with Gasteiger partial charge in [0.2, 0.25) is 0 Å². The minimum absolute atomic E-state index is 0.0254. The summed E-state index contributed by atoms with van der Waals surface area (Å²) in [5, 5.41) is 8.10. The summed E-state index contributed by atoms with van der Waals surface area (Å²) in [6.07, 6.45) is 11.2. The summed E-state index contributed by atoms with van der Waals surface area (Å²) < 4.78 is 0. The molecule has 0 bridgehead atoms. The van der Waals surface area contributed by atoms with Crippen LogP contribution in [-0.4, -0.2) is 43.4 Å². The second-order valence-electron chi connectivity index (χ2n) is 6.10. The van der Waals surface area contributed by atoms with Gasteiger partial charge in [-0.1, -0.05) is 6.08 Å². The first-order chi connectivity index (χ1) is 9.69. The van der Waals surface area contributed by atoms with Crippen LogP contribution in [0.25, 0.3) is 0 Å². The van der Waals surface area contributed by atoms with E-state index in [4.69, 9.17) is 5.73 Å². The van der Waals surface area contributed by atoms with E-state index in [0.717, 1.165) is 51.5 Å². The van der Waals surface area contributed by atoms with Crippen LogP contribution in [0.5, 0.6) is 0 Å². The van der Waals surface area contributed by atoms with Crippen molar-refractivity contribution in [2.45, 2.75) is 50.6 Å². The maximum atomic E-state index is 11.7. The maximum Gasteiger partial charge on any atom is 0.127 e. The van der Waals surface area contributed by atoms with Crippen molar-refractivity contribution in [3.05, 3.63) is 12.3 Å². The van der Waals surface area contributed by atoms with Gasteiger partial charge in [-0.3, -0.25) is 0 Å². The molecule has 5 nitrogen and oxygen atoms in total. The Morgan fingerprint density at radius 2 is 2.25 bits per heavy atom. The molecule has 3 unspecified atom stereocenters. The Morgan fingerprint density at radius 3 is 2.90 bits per heavy atom. The van der Waals surface area contributed by atoms with Crippen molar-refractivity contribution in [3.8, 4) is 0 Å². The van der Waals surface area contributed by atoms with Gasteiger partial charge >= 0.3 is 0 Å². The number of hydrogen-bond acceptors (Lipinski definition) is 5. The summed E-state index contributed by atoms with van der Waals surface area (Å²) >= 11 is 0. The first kappa shape index (κ1) is 15.2. The molecule has 5 heteroatoms.